The first-order chi connectivity index (χ1) is 10.3. The molecule has 0 heterocycles. The zero-order chi connectivity index (χ0) is 15.6. The molecule has 1 atom stereocenters. The van der Waals surface area contributed by atoms with Crippen molar-refractivity contribution in [3.8, 4) is 0 Å². The Labute approximate surface area is 137 Å². The molecule has 2 heteroatoms. The van der Waals surface area contributed by atoms with E-state index in [4.69, 9.17) is 0 Å². The highest BCUT2D eigenvalue weighted by atomic mass is 32.2. The lowest BCUT2D eigenvalue weighted by Crippen LogP contribution is -2.02. The highest BCUT2D eigenvalue weighted by Crippen LogP contribution is 2.13. The maximum Gasteiger partial charge on any atom is 0.105 e. The highest BCUT2D eigenvalue weighted by Gasteiger charge is 1.97. The molecule has 128 valence electrons. The van der Waals surface area contributed by atoms with Gasteiger partial charge in [-0.2, -0.15) is 0 Å². The third-order valence-electron chi connectivity index (χ3n) is 4.29. The molecule has 0 saturated heterocycles. The molecule has 1 nitrogen and oxygen atoms in total. The molecule has 0 saturated carbocycles. The van der Waals surface area contributed by atoms with Crippen LogP contribution in [0.5, 0.6) is 0 Å². The second-order valence-corrected chi connectivity index (χ2v) is 8.14. The molecule has 0 aromatic carbocycles. The van der Waals surface area contributed by atoms with Gasteiger partial charge in [-0.15, -0.1) is 0 Å². The standard InChI is InChI=1S/C19H40OS/c1-3-4-5-6-7-8-9-10-11-12-13-14-15-16-17-18-19-21(2)20/h3-19H2,1-2H3. The molecule has 0 aromatic heterocycles. The van der Waals surface area contributed by atoms with Crippen LogP contribution in [0.4, 0.5) is 0 Å². The number of hydrogen-bond acceptors (Lipinski definition) is 1. The van der Waals surface area contributed by atoms with Crippen molar-refractivity contribution >= 4 is 11.2 Å². The Kier molecular flexibility index (Phi) is 18.6. The molecule has 0 fully saturated rings. The summed E-state index contributed by atoms with van der Waals surface area (Å²) in [5, 5.41) is 0. The Balaban J connectivity index is 2.93. The molecular weight excluding hydrogens is 276 g/mol. The van der Waals surface area contributed by atoms with Crippen LogP contribution in [-0.4, -0.2) is 16.6 Å². The molecule has 0 aliphatic rings. The van der Waals surface area contributed by atoms with Crippen molar-refractivity contribution in [1.29, 1.82) is 0 Å². The van der Waals surface area contributed by atoms with E-state index >= 15 is 0 Å². The molecule has 0 aliphatic carbocycles. The largest absolute Gasteiger partial charge is 0.617 e. The minimum atomic E-state index is -0.583. The summed E-state index contributed by atoms with van der Waals surface area (Å²) in [7, 11) is 0. The summed E-state index contributed by atoms with van der Waals surface area (Å²) >= 11 is -0.583. The third kappa shape index (κ3) is 20.3. The van der Waals surface area contributed by atoms with Crippen molar-refractivity contribution in [2.24, 2.45) is 0 Å². The fourth-order valence-electron chi connectivity index (χ4n) is 2.85. The Morgan fingerprint density at radius 3 is 1.10 bits per heavy atom. The summed E-state index contributed by atoms with van der Waals surface area (Å²) in [5.74, 6) is 0.901. The number of hydrogen-bond donors (Lipinski definition) is 0. The third-order valence-corrected chi connectivity index (χ3v) is 5.15. The number of rotatable bonds is 17. The molecule has 0 aromatic rings. The van der Waals surface area contributed by atoms with Gasteiger partial charge in [0.25, 0.3) is 0 Å². The Hall–Kier alpha value is 0.310. The van der Waals surface area contributed by atoms with Crippen LogP contribution in [0.2, 0.25) is 0 Å². The van der Waals surface area contributed by atoms with Gasteiger partial charge >= 0.3 is 0 Å². The molecule has 0 N–H and O–H groups in total. The average Bonchev–Trinajstić information content (AvgIpc) is 2.46. The van der Waals surface area contributed by atoms with Crippen LogP contribution in [0, 0.1) is 0 Å². The Bertz CT molecular complexity index is 182. The van der Waals surface area contributed by atoms with E-state index in [9.17, 15) is 4.55 Å². The van der Waals surface area contributed by atoms with E-state index in [2.05, 4.69) is 6.92 Å². The minimum Gasteiger partial charge on any atom is -0.617 e. The maximum atomic E-state index is 10.9. The zero-order valence-corrected chi connectivity index (χ0v) is 15.7. The van der Waals surface area contributed by atoms with E-state index in [1.165, 1.54) is 96.3 Å². The predicted octanol–water partition coefficient (Wildman–Crippen LogP) is 6.63. The molecule has 0 rings (SSSR count). The van der Waals surface area contributed by atoms with Crippen molar-refractivity contribution in [1.82, 2.24) is 0 Å². The van der Waals surface area contributed by atoms with Gasteiger partial charge < -0.3 is 4.55 Å². The van der Waals surface area contributed by atoms with Crippen molar-refractivity contribution in [2.75, 3.05) is 12.0 Å². The van der Waals surface area contributed by atoms with Crippen LogP contribution in [0.1, 0.15) is 110 Å². The molecular formula is C19H40OS. The molecule has 0 amide bonds. The summed E-state index contributed by atoms with van der Waals surface area (Å²) in [5.41, 5.74) is 0. The Morgan fingerprint density at radius 2 is 0.810 bits per heavy atom. The van der Waals surface area contributed by atoms with Crippen LogP contribution >= 0.6 is 0 Å². The summed E-state index contributed by atoms with van der Waals surface area (Å²) in [6, 6.07) is 0. The van der Waals surface area contributed by atoms with E-state index < -0.39 is 11.2 Å². The lowest BCUT2D eigenvalue weighted by Gasteiger charge is -2.05. The second kappa shape index (κ2) is 18.4. The summed E-state index contributed by atoms with van der Waals surface area (Å²) < 4.78 is 10.9. The fraction of sp³-hybridized carbons (Fsp3) is 1.00. The van der Waals surface area contributed by atoms with Gasteiger partial charge in [0, 0.05) is 0 Å². The van der Waals surface area contributed by atoms with E-state index in [1.54, 1.807) is 0 Å². The summed E-state index contributed by atoms with van der Waals surface area (Å²) in [4.78, 5) is 0. The van der Waals surface area contributed by atoms with Gasteiger partial charge in [0.05, 0.1) is 6.26 Å². The molecule has 0 spiro atoms. The first-order valence-electron chi connectivity index (χ1n) is 9.57. The lowest BCUT2D eigenvalue weighted by molar-refractivity contribution is 0.531. The van der Waals surface area contributed by atoms with E-state index in [1.807, 2.05) is 6.26 Å². The summed E-state index contributed by atoms with van der Waals surface area (Å²) in [6.07, 6.45) is 24.2. The quantitative estimate of drug-likeness (QED) is 0.218. The molecule has 0 bridgehead atoms. The first-order valence-corrected chi connectivity index (χ1v) is 11.3. The normalized spacial score (nSPS) is 12.7. The van der Waals surface area contributed by atoms with Gasteiger partial charge in [0.15, 0.2) is 0 Å². The van der Waals surface area contributed by atoms with Gasteiger partial charge in [0.2, 0.25) is 0 Å². The molecule has 21 heavy (non-hydrogen) atoms. The highest BCUT2D eigenvalue weighted by molar-refractivity contribution is 7.90. The van der Waals surface area contributed by atoms with Crippen molar-refractivity contribution in [2.45, 2.75) is 110 Å². The van der Waals surface area contributed by atoms with Gasteiger partial charge in [-0.3, -0.25) is 0 Å². The topological polar surface area (TPSA) is 23.1 Å². The monoisotopic (exact) mass is 316 g/mol. The Morgan fingerprint density at radius 1 is 0.524 bits per heavy atom. The fourth-order valence-corrected chi connectivity index (χ4v) is 3.46. The van der Waals surface area contributed by atoms with Crippen molar-refractivity contribution in [3.05, 3.63) is 0 Å². The van der Waals surface area contributed by atoms with Crippen LogP contribution in [-0.2, 0) is 11.2 Å². The SMILES string of the molecule is CCCCCCCCCCCCCCCCCC[S+](C)[O-]. The zero-order valence-electron chi connectivity index (χ0n) is 14.8. The van der Waals surface area contributed by atoms with Crippen LogP contribution < -0.4 is 0 Å². The van der Waals surface area contributed by atoms with E-state index in [0.717, 1.165) is 12.2 Å². The van der Waals surface area contributed by atoms with Crippen molar-refractivity contribution in [3.63, 3.8) is 0 Å². The van der Waals surface area contributed by atoms with Gasteiger partial charge in [-0.25, -0.2) is 0 Å². The van der Waals surface area contributed by atoms with Crippen LogP contribution in [0.25, 0.3) is 0 Å². The lowest BCUT2D eigenvalue weighted by atomic mass is 10.0. The number of unbranched alkanes of at least 4 members (excludes halogenated alkanes) is 15. The maximum absolute atomic E-state index is 10.9. The summed E-state index contributed by atoms with van der Waals surface area (Å²) in [6.45, 7) is 2.29. The molecule has 0 radical (unpaired) electrons. The first kappa shape index (κ1) is 21.3. The predicted molar refractivity (Wildman–Crippen MR) is 98.5 cm³/mol. The van der Waals surface area contributed by atoms with Gasteiger partial charge in [-0.05, 0) is 12.8 Å². The van der Waals surface area contributed by atoms with Crippen LogP contribution in [0.15, 0.2) is 0 Å². The average molecular weight is 317 g/mol. The van der Waals surface area contributed by atoms with Crippen LogP contribution in [0.3, 0.4) is 0 Å². The van der Waals surface area contributed by atoms with Gasteiger partial charge in [0.1, 0.15) is 5.75 Å². The van der Waals surface area contributed by atoms with E-state index in [0.29, 0.717) is 0 Å². The van der Waals surface area contributed by atoms with Crippen molar-refractivity contribution < 1.29 is 4.55 Å². The molecule has 0 aliphatic heterocycles. The van der Waals surface area contributed by atoms with Gasteiger partial charge in [-0.1, -0.05) is 108 Å². The smallest absolute Gasteiger partial charge is 0.105 e. The molecule has 1 unspecified atom stereocenters. The van der Waals surface area contributed by atoms with E-state index in [-0.39, 0.29) is 0 Å². The minimum absolute atomic E-state index is 0.583. The second-order valence-electron chi connectivity index (χ2n) is 6.58.